The number of rotatable bonds is 3. The maximum Gasteiger partial charge on any atom is 0.291 e. The van der Waals surface area contributed by atoms with Gasteiger partial charge in [-0.25, -0.2) is 13.8 Å². The summed E-state index contributed by atoms with van der Waals surface area (Å²) in [5.41, 5.74) is 3.26. The van der Waals surface area contributed by atoms with Crippen LogP contribution < -0.4 is 0 Å². The van der Waals surface area contributed by atoms with E-state index in [9.17, 15) is 8.78 Å². The van der Waals surface area contributed by atoms with Crippen LogP contribution in [0.15, 0.2) is 36.8 Å². The molecule has 0 spiro atoms. The Morgan fingerprint density at radius 1 is 1.17 bits per heavy atom. The summed E-state index contributed by atoms with van der Waals surface area (Å²) >= 11 is 6.22. The third-order valence-electron chi connectivity index (χ3n) is 5.35. The van der Waals surface area contributed by atoms with Crippen LogP contribution in [-0.2, 0) is 11.2 Å². The molecule has 3 aromatic heterocycles. The van der Waals surface area contributed by atoms with E-state index in [1.807, 2.05) is 6.92 Å². The van der Waals surface area contributed by atoms with Gasteiger partial charge in [0.05, 0.1) is 28.6 Å². The van der Waals surface area contributed by atoms with Gasteiger partial charge in [-0.15, -0.1) is 0 Å². The molecule has 1 aromatic carbocycles. The van der Waals surface area contributed by atoms with Crippen molar-refractivity contribution in [2.75, 3.05) is 13.2 Å². The van der Waals surface area contributed by atoms with Crippen LogP contribution in [0.4, 0.5) is 8.78 Å². The highest BCUT2D eigenvalue weighted by Crippen LogP contribution is 2.40. The molecule has 1 fully saturated rings. The fraction of sp³-hybridized carbons (Fsp3) is 0.333. The smallest absolute Gasteiger partial charge is 0.291 e. The normalized spacial score (nSPS) is 18.9. The van der Waals surface area contributed by atoms with E-state index in [0.717, 1.165) is 5.69 Å². The van der Waals surface area contributed by atoms with Gasteiger partial charge >= 0.3 is 0 Å². The fourth-order valence-corrected chi connectivity index (χ4v) is 4.13. The van der Waals surface area contributed by atoms with Crippen LogP contribution in [0.5, 0.6) is 0 Å². The summed E-state index contributed by atoms with van der Waals surface area (Å²) in [5.74, 6) is -2.54. The van der Waals surface area contributed by atoms with Gasteiger partial charge in [-0.05, 0) is 31.5 Å². The minimum absolute atomic E-state index is 0.176. The maximum atomic E-state index is 15.0. The quantitative estimate of drug-likeness (QED) is 0.479. The molecule has 1 saturated heterocycles. The monoisotopic (exact) mass is 429 g/mol. The molecule has 0 unspecified atom stereocenters. The molecule has 1 atom stereocenters. The average Bonchev–Trinajstić information content (AvgIpc) is 3.07. The van der Waals surface area contributed by atoms with E-state index in [1.165, 1.54) is 0 Å². The highest BCUT2D eigenvalue weighted by Gasteiger charge is 2.45. The Labute approximate surface area is 175 Å². The van der Waals surface area contributed by atoms with Crippen molar-refractivity contribution in [1.29, 1.82) is 0 Å². The number of hydrogen-bond donors (Lipinski definition) is 0. The number of nitrogens with zero attached hydrogens (tertiary/aromatic N) is 5. The first-order valence-corrected chi connectivity index (χ1v) is 9.98. The third-order valence-corrected chi connectivity index (χ3v) is 5.59. The minimum atomic E-state index is -3.03. The van der Waals surface area contributed by atoms with Crippen molar-refractivity contribution in [2.45, 2.75) is 31.7 Å². The lowest BCUT2D eigenvalue weighted by Gasteiger charge is -2.33. The van der Waals surface area contributed by atoms with Crippen LogP contribution in [0.1, 0.15) is 29.7 Å². The largest absolute Gasteiger partial charge is 0.375 e. The minimum Gasteiger partial charge on any atom is -0.375 e. The second kappa shape index (κ2) is 7.21. The van der Waals surface area contributed by atoms with Crippen molar-refractivity contribution in [3.05, 3.63) is 59.0 Å². The molecule has 30 heavy (non-hydrogen) atoms. The lowest BCUT2D eigenvalue weighted by molar-refractivity contribution is -0.147. The Hall–Kier alpha value is -2.71. The number of imidazole rings is 1. The van der Waals surface area contributed by atoms with E-state index in [4.69, 9.17) is 16.3 Å². The van der Waals surface area contributed by atoms with Gasteiger partial charge < -0.3 is 9.30 Å². The van der Waals surface area contributed by atoms with Gasteiger partial charge in [-0.3, -0.25) is 15.0 Å². The Kier molecular flexibility index (Phi) is 4.63. The van der Waals surface area contributed by atoms with Crippen LogP contribution in [-0.4, -0.2) is 43.6 Å². The summed E-state index contributed by atoms with van der Waals surface area (Å²) < 4.78 is 36.6. The molecular formula is C21H18ClF2N5O. The van der Waals surface area contributed by atoms with E-state index in [0.29, 0.717) is 38.5 Å². The fourth-order valence-electron chi connectivity index (χ4n) is 3.96. The van der Waals surface area contributed by atoms with E-state index in [-0.39, 0.29) is 19.4 Å². The summed E-state index contributed by atoms with van der Waals surface area (Å²) in [4.78, 5) is 17.7. The molecule has 0 radical (unpaired) electrons. The van der Waals surface area contributed by atoms with Crippen LogP contribution in [0.25, 0.3) is 21.9 Å². The number of pyridine rings is 1. The van der Waals surface area contributed by atoms with Crippen molar-refractivity contribution >= 4 is 33.5 Å². The maximum absolute atomic E-state index is 15.0. The first-order valence-electron chi connectivity index (χ1n) is 9.60. The van der Waals surface area contributed by atoms with Crippen LogP contribution >= 0.6 is 11.6 Å². The van der Waals surface area contributed by atoms with Crippen molar-refractivity contribution in [3.63, 3.8) is 0 Å². The second-order valence-electron chi connectivity index (χ2n) is 7.50. The Morgan fingerprint density at radius 2 is 2.03 bits per heavy atom. The number of aromatic nitrogens is 5. The standard InChI is InChI=1S/C21H18ClF2N5O/c1-12-8-26-14(9-25-12)7-19-28-17-10-27-16-3-2-13(22)6-15(16)20(17)29(19)18-4-5-30-11-21(18,23)24/h2-3,6,8-10,18H,4-5,7,11H2,1H3/t18-/m1/s1. The first kappa shape index (κ1) is 19.3. The summed E-state index contributed by atoms with van der Waals surface area (Å²) in [5, 5.41) is 1.20. The van der Waals surface area contributed by atoms with Crippen molar-refractivity contribution in [3.8, 4) is 0 Å². The zero-order chi connectivity index (χ0) is 20.9. The number of fused-ring (bicyclic) bond motifs is 3. The summed E-state index contributed by atoms with van der Waals surface area (Å²) in [6, 6.07) is 4.17. The summed E-state index contributed by atoms with van der Waals surface area (Å²) in [6.07, 6.45) is 5.37. The molecular weight excluding hydrogens is 412 g/mol. The van der Waals surface area contributed by atoms with Crippen molar-refractivity contribution in [1.82, 2.24) is 24.5 Å². The number of halogens is 3. The molecule has 1 aliphatic heterocycles. The molecule has 6 nitrogen and oxygen atoms in total. The van der Waals surface area contributed by atoms with Crippen LogP contribution in [0, 0.1) is 6.92 Å². The predicted molar refractivity (Wildman–Crippen MR) is 109 cm³/mol. The Morgan fingerprint density at radius 3 is 2.80 bits per heavy atom. The molecule has 4 heterocycles. The molecule has 1 aliphatic rings. The Bertz CT molecular complexity index is 1240. The van der Waals surface area contributed by atoms with E-state index in [2.05, 4.69) is 19.9 Å². The van der Waals surface area contributed by atoms with Gasteiger partial charge in [-0.1, -0.05) is 11.6 Å². The molecule has 5 rings (SSSR count). The van der Waals surface area contributed by atoms with E-state index in [1.54, 1.807) is 41.4 Å². The number of alkyl halides is 2. The lowest BCUT2D eigenvalue weighted by Crippen LogP contribution is -2.41. The van der Waals surface area contributed by atoms with Gasteiger partial charge in [0.15, 0.2) is 0 Å². The summed E-state index contributed by atoms with van der Waals surface area (Å²) in [6.45, 7) is 1.48. The van der Waals surface area contributed by atoms with Gasteiger partial charge in [-0.2, -0.15) is 0 Å². The number of benzene rings is 1. The molecule has 0 amide bonds. The molecule has 0 bridgehead atoms. The Balaban J connectivity index is 1.77. The highest BCUT2D eigenvalue weighted by molar-refractivity contribution is 6.31. The zero-order valence-corrected chi connectivity index (χ0v) is 16.9. The molecule has 0 saturated carbocycles. The second-order valence-corrected chi connectivity index (χ2v) is 7.93. The molecule has 4 aromatic rings. The van der Waals surface area contributed by atoms with Gasteiger partial charge in [0.2, 0.25) is 0 Å². The van der Waals surface area contributed by atoms with Crippen molar-refractivity contribution in [2.24, 2.45) is 0 Å². The topological polar surface area (TPSA) is 65.7 Å². The molecule has 0 N–H and O–H groups in total. The molecule has 0 aliphatic carbocycles. The zero-order valence-electron chi connectivity index (χ0n) is 16.1. The summed E-state index contributed by atoms with van der Waals surface area (Å²) in [7, 11) is 0. The highest BCUT2D eigenvalue weighted by atomic mass is 35.5. The number of aryl methyl sites for hydroxylation is 1. The van der Waals surface area contributed by atoms with Crippen LogP contribution in [0.3, 0.4) is 0 Å². The first-order chi connectivity index (χ1) is 14.4. The average molecular weight is 430 g/mol. The van der Waals surface area contributed by atoms with Crippen molar-refractivity contribution < 1.29 is 13.5 Å². The third kappa shape index (κ3) is 3.30. The number of hydrogen-bond acceptors (Lipinski definition) is 5. The molecule has 9 heteroatoms. The van der Waals surface area contributed by atoms with E-state index < -0.39 is 18.6 Å². The van der Waals surface area contributed by atoms with Gasteiger partial charge in [0.25, 0.3) is 5.92 Å². The predicted octanol–water partition coefficient (Wildman–Crippen LogP) is 4.52. The number of ether oxygens (including phenoxy) is 1. The van der Waals surface area contributed by atoms with E-state index >= 15 is 0 Å². The lowest BCUT2D eigenvalue weighted by atomic mass is 10.0. The SMILES string of the molecule is Cc1cnc(Cc2nc3cnc4ccc(Cl)cc4c3n2[C@@H]2CCOCC2(F)F)cn1. The molecule has 154 valence electrons. The van der Waals surface area contributed by atoms with Gasteiger partial charge in [0, 0.05) is 35.8 Å². The van der Waals surface area contributed by atoms with Crippen LogP contribution in [0.2, 0.25) is 5.02 Å². The van der Waals surface area contributed by atoms with Gasteiger partial charge in [0.1, 0.15) is 24.0 Å².